The maximum atomic E-state index is 12.1. The van der Waals surface area contributed by atoms with Crippen LogP contribution in [0, 0.1) is 10.1 Å². The number of benzene rings is 2. The van der Waals surface area contributed by atoms with Crippen molar-refractivity contribution in [1.82, 2.24) is 0 Å². The van der Waals surface area contributed by atoms with E-state index in [1.807, 2.05) is 6.92 Å². The molecule has 2 aromatic carbocycles. The summed E-state index contributed by atoms with van der Waals surface area (Å²) in [6.45, 7) is 3.91. The van der Waals surface area contributed by atoms with Gasteiger partial charge in [-0.1, -0.05) is 12.1 Å². The molecule has 0 fully saturated rings. The van der Waals surface area contributed by atoms with Gasteiger partial charge in [0, 0.05) is 6.07 Å². The molecule has 1 amide bonds. The second-order valence-corrected chi connectivity index (χ2v) is 5.90. The highest BCUT2D eigenvalue weighted by molar-refractivity contribution is 5.96. The van der Waals surface area contributed by atoms with Crippen LogP contribution in [-0.2, 0) is 14.3 Å². The molecule has 2 rings (SSSR count). The van der Waals surface area contributed by atoms with E-state index in [4.69, 9.17) is 14.2 Å². The van der Waals surface area contributed by atoms with Gasteiger partial charge in [0.1, 0.15) is 17.2 Å². The summed E-state index contributed by atoms with van der Waals surface area (Å²) in [6, 6.07) is 12.7. The molecule has 0 heterocycles. The van der Waals surface area contributed by atoms with Crippen LogP contribution in [-0.4, -0.2) is 36.1 Å². The average Bonchev–Trinajstić information content (AvgIpc) is 2.69. The van der Waals surface area contributed by atoms with Gasteiger partial charge in [0.2, 0.25) is 0 Å². The Balaban J connectivity index is 1.78. The summed E-state index contributed by atoms with van der Waals surface area (Å²) < 4.78 is 15.8. The number of carbonyl (C=O) groups excluding carboxylic acids is 2. The van der Waals surface area contributed by atoms with E-state index in [1.165, 1.54) is 25.1 Å². The van der Waals surface area contributed by atoms with E-state index in [0.717, 1.165) is 5.75 Å². The number of nitro benzene ring substituents is 1. The minimum Gasteiger partial charge on any atom is -0.494 e. The Labute approximate surface area is 167 Å². The van der Waals surface area contributed by atoms with Crippen molar-refractivity contribution in [2.75, 3.05) is 18.5 Å². The van der Waals surface area contributed by atoms with Crippen LogP contribution in [0.2, 0.25) is 0 Å². The standard InChI is InChI=1S/C20H22N2O7/c1-3-27-15-8-10-16(11-9-15)28-13-12-19(23)29-14(2)20(24)21-17-6-4-5-7-18(17)22(25)26/h4-11,14H,3,12-13H2,1-2H3,(H,21,24). The van der Waals surface area contributed by atoms with E-state index in [9.17, 15) is 19.7 Å². The monoisotopic (exact) mass is 402 g/mol. The lowest BCUT2D eigenvalue weighted by Gasteiger charge is -2.14. The number of para-hydroxylation sites is 2. The van der Waals surface area contributed by atoms with Crippen LogP contribution < -0.4 is 14.8 Å². The minimum absolute atomic E-state index is 0.0317. The molecule has 0 aliphatic carbocycles. The molecule has 0 aliphatic rings. The van der Waals surface area contributed by atoms with Crippen LogP contribution in [0.15, 0.2) is 48.5 Å². The van der Waals surface area contributed by atoms with Crippen LogP contribution in [0.25, 0.3) is 0 Å². The SMILES string of the molecule is CCOc1ccc(OCCC(=O)OC(C)C(=O)Nc2ccccc2[N+](=O)[O-])cc1. The molecule has 0 saturated carbocycles. The van der Waals surface area contributed by atoms with Gasteiger partial charge >= 0.3 is 5.97 Å². The topological polar surface area (TPSA) is 117 Å². The van der Waals surface area contributed by atoms with Gasteiger partial charge in [-0.05, 0) is 44.2 Å². The maximum Gasteiger partial charge on any atom is 0.310 e. The van der Waals surface area contributed by atoms with Gasteiger partial charge in [0.15, 0.2) is 6.10 Å². The predicted octanol–water partition coefficient (Wildman–Crippen LogP) is 3.33. The van der Waals surface area contributed by atoms with Crippen LogP contribution in [0.4, 0.5) is 11.4 Å². The number of amides is 1. The number of rotatable bonds is 10. The number of carbonyl (C=O) groups is 2. The third-order valence-corrected chi connectivity index (χ3v) is 3.75. The van der Waals surface area contributed by atoms with Gasteiger partial charge in [0.25, 0.3) is 11.6 Å². The number of nitrogens with one attached hydrogen (secondary N) is 1. The second kappa shape index (κ2) is 10.6. The lowest BCUT2D eigenvalue weighted by atomic mass is 10.2. The summed E-state index contributed by atoms with van der Waals surface area (Å²) in [5, 5.41) is 13.4. The van der Waals surface area contributed by atoms with Crippen molar-refractivity contribution in [3.05, 3.63) is 58.6 Å². The molecule has 0 radical (unpaired) electrons. The third-order valence-electron chi connectivity index (χ3n) is 3.75. The number of esters is 1. The van der Waals surface area contributed by atoms with Gasteiger partial charge < -0.3 is 19.5 Å². The van der Waals surface area contributed by atoms with Crippen molar-refractivity contribution in [3.63, 3.8) is 0 Å². The molecular formula is C20H22N2O7. The van der Waals surface area contributed by atoms with Gasteiger partial charge in [-0.2, -0.15) is 0 Å². The number of hydrogen-bond donors (Lipinski definition) is 1. The van der Waals surface area contributed by atoms with Gasteiger partial charge in [-0.25, -0.2) is 0 Å². The highest BCUT2D eigenvalue weighted by Crippen LogP contribution is 2.23. The van der Waals surface area contributed by atoms with Crippen LogP contribution in [0.1, 0.15) is 20.3 Å². The van der Waals surface area contributed by atoms with Gasteiger partial charge in [0.05, 0.1) is 24.6 Å². The smallest absolute Gasteiger partial charge is 0.310 e. The van der Waals surface area contributed by atoms with Crippen molar-refractivity contribution in [3.8, 4) is 11.5 Å². The van der Waals surface area contributed by atoms with Crippen molar-refractivity contribution in [2.45, 2.75) is 26.4 Å². The number of ether oxygens (including phenoxy) is 3. The number of hydrogen-bond acceptors (Lipinski definition) is 7. The Morgan fingerprint density at radius 2 is 1.69 bits per heavy atom. The molecule has 0 spiro atoms. The molecule has 0 bridgehead atoms. The fourth-order valence-electron chi connectivity index (χ4n) is 2.33. The molecule has 1 unspecified atom stereocenters. The Morgan fingerprint density at radius 3 is 2.31 bits per heavy atom. The first kappa shape index (κ1) is 21.7. The van der Waals surface area contributed by atoms with Crippen LogP contribution in [0.3, 0.4) is 0 Å². The first-order valence-electron chi connectivity index (χ1n) is 9.00. The average molecular weight is 402 g/mol. The van der Waals surface area contributed by atoms with E-state index < -0.39 is 22.9 Å². The van der Waals surface area contributed by atoms with Gasteiger partial charge in [-0.3, -0.25) is 19.7 Å². The molecule has 0 aliphatic heterocycles. The Hall–Kier alpha value is -3.62. The highest BCUT2D eigenvalue weighted by Gasteiger charge is 2.21. The quantitative estimate of drug-likeness (QED) is 0.368. The number of anilines is 1. The third kappa shape index (κ3) is 6.80. The zero-order chi connectivity index (χ0) is 21.2. The van der Waals surface area contributed by atoms with E-state index in [0.29, 0.717) is 12.4 Å². The summed E-state index contributed by atoms with van der Waals surface area (Å²) in [6.07, 6.45) is -1.18. The van der Waals surface area contributed by atoms with Crippen molar-refractivity contribution in [1.29, 1.82) is 0 Å². The van der Waals surface area contributed by atoms with E-state index >= 15 is 0 Å². The Kier molecular flexibility index (Phi) is 7.96. The molecule has 0 saturated heterocycles. The minimum atomic E-state index is -1.12. The molecular weight excluding hydrogens is 380 g/mol. The van der Waals surface area contributed by atoms with Crippen molar-refractivity contribution < 1.29 is 28.7 Å². The molecule has 0 aromatic heterocycles. The Bertz CT molecular complexity index is 852. The summed E-state index contributed by atoms with van der Waals surface area (Å²) in [5.41, 5.74) is -0.215. The Morgan fingerprint density at radius 1 is 1.07 bits per heavy atom. The van der Waals surface area contributed by atoms with E-state index in [2.05, 4.69) is 5.32 Å². The lowest BCUT2D eigenvalue weighted by molar-refractivity contribution is -0.383. The lowest BCUT2D eigenvalue weighted by Crippen LogP contribution is -2.30. The van der Waals surface area contributed by atoms with Crippen molar-refractivity contribution >= 4 is 23.3 Å². The fraction of sp³-hybridized carbons (Fsp3) is 0.300. The zero-order valence-electron chi connectivity index (χ0n) is 16.1. The zero-order valence-corrected chi connectivity index (χ0v) is 16.1. The summed E-state index contributed by atoms with van der Waals surface area (Å²) in [4.78, 5) is 34.4. The fourth-order valence-corrected chi connectivity index (χ4v) is 2.33. The number of nitrogens with zero attached hydrogens (tertiary/aromatic N) is 1. The largest absolute Gasteiger partial charge is 0.494 e. The van der Waals surface area contributed by atoms with Gasteiger partial charge in [-0.15, -0.1) is 0 Å². The molecule has 1 atom stereocenters. The highest BCUT2D eigenvalue weighted by atomic mass is 16.6. The number of nitro groups is 1. The molecule has 9 nitrogen and oxygen atoms in total. The molecule has 9 heteroatoms. The predicted molar refractivity (Wildman–Crippen MR) is 105 cm³/mol. The first-order valence-corrected chi connectivity index (χ1v) is 9.00. The normalized spacial score (nSPS) is 11.2. The summed E-state index contributed by atoms with van der Waals surface area (Å²) in [5.74, 6) is 0.00223. The first-order chi connectivity index (χ1) is 13.9. The maximum absolute atomic E-state index is 12.1. The van der Waals surface area contributed by atoms with E-state index in [1.54, 1.807) is 30.3 Å². The molecule has 1 N–H and O–H groups in total. The van der Waals surface area contributed by atoms with Crippen LogP contribution >= 0.6 is 0 Å². The van der Waals surface area contributed by atoms with Crippen LogP contribution in [0.5, 0.6) is 11.5 Å². The molecule has 29 heavy (non-hydrogen) atoms. The molecule has 2 aromatic rings. The second-order valence-electron chi connectivity index (χ2n) is 5.90. The van der Waals surface area contributed by atoms with Crippen molar-refractivity contribution in [2.24, 2.45) is 0 Å². The summed E-state index contributed by atoms with van der Waals surface area (Å²) >= 11 is 0. The van der Waals surface area contributed by atoms with E-state index in [-0.39, 0.29) is 24.4 Å². The molecule has 154 valence electrons. The summed E-state index contributed by atoms with van der Waals surface area (Å²) in [7, 11) is 0.